The Morgan fingerprint density at radius 3 is 2.77 bits per heavy atom. The Kier molecular flexibility index (Phi) is 5.61. The Hall–Kier alpha value is -2.17. The molecular weight excluding hydrogens is 490 g/mol. The van der Waals surface area contributed by atoms with Crippen molar-refractivity contribution >= 4 is 49.9 Å². The number of aliphatic hydroxyl groups is 1. The molecule has 31 heavy (non-hydrogen) atoms. The van der Waals surface area contributed by atoms with Crippen molar-refractivity contribution in [2.75, 3.05) is 25.6 Å². The summed E-state index contributed by atoms with van der Waals surface area (Å²) in [6.07, 6.45) is -0.192. The Morgan fingerprint density at radius 2 is 1.97 bits per heavy atom. The number of nitrogens with zero attached hydrogens (tertiary/aromatic N) is 2. The van der Waals surface area contributed by atoms with Gasteiger partial charge in [0.2, 0.25) is 0 Å². The molecule has 1 aromatic heterocycles. The zero-order valence-electron chi connectivity index (χ0n) is 16.4. The van der Waals surface area contributed by atoms with E-state index in [1.807, 2.05) is 18.2 Å². The highest BCUT2D eigenvalue weighted by atomic mass is 79.9. The largest absolute Gasteiger partial charge is 0.493 e. The molecule has 0 radical (unpaired) electrons. The number of hydrogen-bond donors (Lipinski definition) is 2. The topological polar surface area (TPSA) is 95.0 Å². The zero-order valence-corrected chi connectivity index (χ0v) is 18.8. The Labute approximate surface area is 191 Å². The van der Waals surface area contributed by atoms with Gasteiger partial charge < -0.3 is 29.4 Å². The van der Waals surface area contributed by atoms with E-state index < -0.39 is 6.10 Å². The first-order valence-electron chi connectivity index (χ1n) is 9.66. The lowest BCUT2D eigenvalue weighted by molar-refractivity contribution is 0.00823. The van der Waals surface area contributed by atoms with E-state index in [0.29, 0.717) is 34.5 Å². The maximum Gasteiger partial charge on any atom is 0.164 e. The standard InChI is InChI=1S/C21H19BrClN3O5/c1-28-16-5-11-14(6-17(16)31-18-8-30-19-15(27)7-29-20(18)19)24-9-25-21(11)26-10-2-3-12(22)13(23)4-10/h2-6,9,15,18-20,27H,7-8H2,1H3,(H,24,25,26)/t15-,18-,19+,20+/m0/s1. The number of anilines is 2. The van der Waals surface area contributed by atoms with Crippen LogP contribution in [0.3, 0.4) is 0 Å². The summed E-state index contributed by atoms with van der Waals surface area (Å²) in [6.45, 7) is 0.570. The molecule has 2 aliphatic rings. The molecule has 0 unspecified atom stereocenters. The summed E-state index contributed by atoms with van der Waals surface area (Å²) in [5, 5.41) is 14.6. The number of aromatic nitrogens is 2. The van der Waals surface area contributed by atoms with E-state index in [9.17, 15) is 5.11 Å². The van der Waals surface area contributed by atoms with Gasteiger partial charge in [-0.25, -0.2) is 9.97 Å². The first-order chi connectivity index (χ1) is 15.0. The molecule has 2 fully saturated rings. The maximum atomic E-state index is 9.94. The van der Waals surface area contributed by atoms with E-state index in [1.165, 1.54) is 6.33 Å². The van der Waals surface area contributed by atoms with E-state index in [0.717, 1.165) is 15.5 Å². The van der Waals surface area contributed by atoms with Crippen molar-refractivity contribution in [2.45, 2.75) is 24.4 Å². The second kappa shape index (κ2) is 8.40. The quantitative estimate of drug-likeness (QED) is 0.539. The van der Waals surface area contributed by atoms with E-state index in [1.54, 1.807) is 19.2 Å². The smallest absolute Gasteiger partial charge is 0.164 e. The van der Waals surface area contributed by atoms with E-state index >= 15 is 0 Å². The van der Waals surface area contributed by atoms with Crippen LogP contribution in [-0.4, -0.2) is 59.8 Å². The molecule has 3 heterocycles. The lowest BCUT2D eigenvalue weighted by Gasteiger charge is -2.20. The molecule has 0 aliphatic carbocycles. The van der Waals surface area contributed by atoms with Gasteiger partial charge in [-0.3, -0.25) is 0 Å². The third kappa shape index (κ3) is 3.92. The van der Waals surface area contributed by atoms with Crippen LogP contribution < -0.4 is 14.8 Å². The van der Waals surface area contributed by atoms with Crippen molar-refractivity contribution in [2.24, 2.45) is 0 Å². The molecule has 0 bridgehead atoms. The third-order valence-corrected chi connectivity index (χ3v) is 6.60. The minimum atomic E-state index is -0.634. The molecule has 4 atom stereocenters. The summed E-state index contributed by atoms with van der Waals surface area (Å²) < 4.78 is 23.8. The molecule has 0 amide bonds. The van der Waals surface area contributed by atoms with Crippen LogP contribution in [-0.2, 0) is 9.47 Å². The number of ether oxygens (including phenoxy) is 4. The lowest BCUT2D eigenvalue weighted by atomic mass is 10.1. The fourth-order valence-corrected chi connectivity index (χ4v) is 4.26. The van der Waals surface area contributed by atoms with Gasteiger partial charge >= 0.3 is 0 Å². The number of methoxy groups -OCH3 is 1. The molecule has 2 saturated heterocycles. The highest BCUT2D eigenvalue weighted by Gasteiger charge is 2.48. The summed E-state index contributed by atoms with van der Waals surface area (Å²) in [4.78, 5) is 8.75. The van der Waals surface area contributed by atoms with Crippen LogP contribution in [0.5, 0.6) is 11.5 Å². The first kappa shape index (κ1) is 20.7. The average molecular weight is 509 g/mol. The van der Waals surface area contributed by atoms with Crippen LogP contribution >= 0.6 is 27.5 Å². The van der Waals surface area contributed by atoms with E-state index in [2.05, 4.69) is 31.2 Å². The molecule has 162 valence electrons. The monoisotopic (exact) mass is 507 g/mol. The van der Waals surface area contributed by atoms with Gasteiger partial charge in [-0.15, -0.1) is 0 Å². The molecule has 0 saturated carbocycles. The Morgan fingerprint density at radius 1 is 1.13 bits per heavy atom. The highest BCUT2D eigenvalue weighted by Crippen LogP contribution is 2.38. The second-order valence-corrected chi connectivity index (χ2v) is 8.58. The van der Waals surface area contributed by atoms with Gasteiger partial charge in [-0.05, 0) is 40.2 Å². The number of hydrogen-bond acceptors (Lipinski definition) is 8. The molecule has 10 heteroatoms. The van der Waals surface area contributed by atoms with Crippen molar-refractivity contribution in [1.29, 1.82) is 0 Å². The normalized spacial score (nSPS) is 24.9. The number of nitrogens with one attached hydrogen (secondary N) is 1. The molecule has 3 aromatic rings. The van der Waals surface area contributed by atoms with Crippen LogP contribution in [0.1, 0.15) is 0 Å². The van der Waals surface area contributed by atoms with Crippen LogP contribution in [0.25, 0.3) is 10.9 Å². The van der Waals surface area contributed by atoms with Crippen LogP contribution in [0.4, 0.5) is 11.5 Å². The van der Waals surface area contributed by atoms with Crippen molar-refractivity contribution in [3.8, 4) is 11.5 Å². The van der Waals surface area contributed by atoms with Gasteiger partial charge in [-0.2, -0.15) is 0 Å². The Bertz CT molecular complexity index is 1130. The second-order valence-electron chi connectivity index (χ2n) is 7.32. The van der Waals surface area contributed by atoms with Gasteiger partial charge in [0.05, 0.1) is 30.9 Å². The van der Waals surface area contributed by atoms with Crippen molar-refractivity contribution in [1.82, 2.24) is 9.97 Å². The van der Waals surface area contributed by atoms with Crippen molar-refractivity contribution in [3.63, 3.8) is 0 Å². The maximum absolute atomic E-state index is 9.94. The third-order valence-electron chi connectivity index (χ3n) is 5.36. The molecule has 5 rings (SSSR count). The minimum absolute atomic E-state index is 0.242. The molecular formula is C21H19BrClN3O5. The first-order valence-corrected chi connectivity index (χ1v) is 10.8. The van der Waals surface area contributed by atoms with E-state index in [-0.39, 0.29) is 24.9 Å². The van der Waals surface area contributed by atoms with Crippen LogP contribution in [0.15, 0.2) is 41.1 Å². The lowest BCUT2D eigenvalue weighted by Crippen LogP contribution is -2.34. The average Bonchev–Trinajstić information content (AvgIpc) is 3.34. The van der Waals surface area contributed by atoms with Crippen LogP contribution in [0.2, 0.25) is 5.02 Å². The number of benzene rings is 2. The molecule has 2 N–H and O–H groups in total. The summed E-state index contributed by atoms with van der Waals surface area (Å²) >= 11 is 9.59. The van der Waals surface area contributed by atoms with Crippen molar-refractivity contribution in [3.05, 3.63) is 46.2 Å². The summed E-state index contributed by atoms with van der Waals surface area (Å²) in [7, 11) is 1.57. The number of rotatable bonds is 5. The van der Waals surface area contributed by atoms with Gasteiger partial charge in [0.25, 0.3) is 0 Å². The van der Waals surface area contributed by atoms with Gasteiger partial charge in [0, 0.05) is 21.6 Å². The molecule has 2 aliphatic heterocycles. The fourth-order valence-electron chi connectivity index (χ4n) is 3.83. The van der Waals surface area contributed by atoms with Gasteiger partial charge in [0.15, 0.2) is 17.6 Å². The number of halogens is 2. The Balaban J connectivity index is 1.45. The molecule has 0 spiro atoms. The van der Waals surface area contributed by atoms with Gasteiger partial charge in [-0.1, -0.05) is 11.6 Å². The summed E-state index contributed by atoms with van der Waals surface area (Å²) in [5.41, 5.74) is 1.47. The van der Waals surface area contributed by atoms with E-state index in [4.69, 9.17) is 30.5 Å². The number of fused-ring (bicyclic) bond motifs is 2. The summed E-state index contributed by atoms with van der Waals surface area (Å²) in [6, 6.07) is 9.19. The van der Waals surface area contributed by atoms with Gasteiger partial charge in [0.1, 0.15) is 30.5 Å². The molecule has 8 nitrogen and oxygen atoms in total. The number of aliphatic hydroxyl groups excluding tert-OH is 1. The molecule has 2 aromatic carbocycles. The van der Waals surface area contributed by atoms with Crippen LogP contribution in [0, 0.1) is 0 Å². The summed E-state index contributed by atoms with van der Waals surface area (Å²) in [5.74, 6) is 1.66. The van der Waals surface area contributed by atoms with Crippen molar-refractivity contribution < 1.29 is 24.1 Å². The minimum Gasteiger partial charge on any atom is -0.493 e. The SMILES string of the molecule is COc1cc2c(Nc3ccc(Br)c(Cl)c3)ncnc2cc1O[C@H]1CO[C@H]2[C@@H]1OC[C@@H]2O. The zero-order chi connectivity index (χ0) is 21.5. The predicted molar refractivity (Wildman–Crippen MR) is 118 cm³/mol. The fraction of sp³-hybridized carbons (Fsp3) is 0.333. The predicted octanol–water partition coefficient (Wildman–Crippen LogP) is 3.70. The highest BCUT2D eigenvalue weighted by molar-refractivity contribution is 9.10.